The number of nitrogens with zero attached hydrogens (tertiary/aromatic N) is 5. The quantitative estimate of drug-likeness (QED) is 0.200. The zero-order valence-corrected chi connectivity index (χ0v) is 26.8. The second-order valence-electron chi connectivity index (χ2n) is 10.7. The molecule has 0 bridgehead atoms. The Labute approximate surface area is 267 Å². The lowest BCUT2D eigenvalue weighted by atomic mass is 10.2. The number of aldehydes is 1. The van der Waals surface area contributed by atoms with Crippen molar-refractivity contribution < 1.29 is 32.2 Å². The number of alkyl halides is 3. The predicted molar refractivity (Wildman–Crippen MR) is 173 cm³/mol. The van der Waals surface area contributed by atoms with Crippen LogP contribution in [-0.2, 0) is 20.5 Å². The first-order chi connectivity index (χ1) is 21.7. The topological polar surface area (TPSA) is 134 Å². The van der Waals surface area contributed by atoms with Crippen molar-refractivity contribution in [2.75, 3.05) is 68.2 Å². The van der Waals surface area contributed by atoms with Gasteiger partial charge in [0.1, 0.15) is 34.8 Å². The lowest BCUT2D eigenvalue weighted by Gasteiger charge is -2.33. The van der Waals surface area contributed by atoms with Crippen LogP contribution in [0.25, 0.3) is 0 Å². The normalized spacial score (nSPS) is 13.1. The Balaban J connectivity index is 0.000000577. The maximum Gasteiger partial charge on any atom is 0.421 e. The van der Waals surface area contributed by atoms with E-state index in [0.29, 0.717) is 30.0 Å². The van der Waals surface area contributed by atoms with Crippen LogP contribution in [0.4, 0.5) is 47.8 Å². The number of methoxy groups -OCH3 is 1. The van der Waals surface area contributed by atoms with Crippen molar-refractivity contribution in [2.24, 2.45) is 0 Å². The minimum absolute atomic E-state index is 0.0299. The van der Waals surface area contributed by atoms with E-state index in [4.69, 9.17) is 9.53 Å². The molecule has 1 aliphatic heterocycles. The number of allylic oxidation sites excluding steroid dienone is 1. The number of pyridine rings is 1. The summed E-state index contributed by atoms with van der Waals surface area (Å²) in [5, 5.41) is 8.64. The largest absolute Gasteiger partial charge is 0.479 e. The minimum atomic E-state index is -4.63. The first-order valence-corrected chi connectivity index (χ1v) is 14.2. The fourth-order valence-corrected chi connectivity index (χ4v) is 3.79. The summed E-state index contributed by atoms with van der Waals surface area (Å²) in [7, 11) is 5.28. The lowest BCUT2D eigenvalue weighted by molar-refractivity contribution is -0.139. The Hall–Kier alpha value is -4.92. The van der Waals surface area contributed by atoms with E-state index < -0.39 is 11.7 Å². The summed E-state index contributed by atoms with van der Waals surface area (Å²) in [5.41, 5.74) is 0.332. The van der Waals surface area contributed by atoms with Gasteiger partial charge < -0.3 is 35.2 Å². The van der Waals surface area contributed by atoms with Crippen molar-refractivity contribution in [2.45, 2.75) is 32.5 Å². The molecule has 4 rings (SSSR count). The average molecular weight is 647 g/mol. The monoisotopic (exact) mass is 646 g/mol. The molecule has 3 aromatic rings. The number of likely N-dealkylation sites (N-methyl/N-ethyl adjacent to an activating group) is 1. The molecular formula is C31H41F3N8O4. The van der Waals surface area contributed by atoms with E-state index in [9.17, 15) is 18.0 Å². The van der Waals surface area contributed by atoms with Crippen LogP contribution >= 0.6 is 0 Å². The smallest absolute Gasteiger partial charge is 0.421 e. The number of carbonyl (C=O) groups is 2. The number of carbonyl (C=O) groups excluding carboxylic acids is 2. The molecule has 1 aliphatic rings. The van der Waals surface area contributed by atoms with Crippen molar-refractivity contribution in [1.82, 2.24) is 19.9 Å². The molecular weight excluding hydrogens is 605 g/mol. The van der Waals surface area contributed by atoms with Gasteiger partial charge in [0.15, 0.2) is 0 Å². The molecule has 1 fully saturated rings. The van der Waals surface area contributed by atoms with Crippen LogP contribution in [0.3, 0.4) is 0 Å². The van der Waals surface area contributed by atoms with Crippen LogP contribution < -0.4 is 25.6 Å². The van der Waals surface area contributed by atoms with Gasteiger partial charge >= 0.3 is 6.18 Å². The van der Waals surface area contributed by atoms with Crippen molar-refractivity contribution in [3.63, 3.8) is 0 Å². The van der Waals surface area contributed by atoms with Crippen LogP contribution in [-0.4, -0.2) is 85.6 Å². The van der Waals surface area contributed by atoms with Gasteiger partial charge in [-0.2, -0.15) is 23.1 Å². The van der Waals surface area contributed by atoms with E-state index in [1.165, 1.54) is 13.2 Å². The second-order valence-corrected chi connectivity index (χ2v) is 10.7. The number of hydrogen-bond acceptors (Lipinski definition) is 12. The van der Waals surface area contributed by atoms with Crippen molar-refractivity contribution >= 4 is 47.4 Å². The van der Waals surface area contributed by atoms with Crippen LogP contribution in [0.15, 0.2) is 55.3 Å². The highest BCUT2D eigenvalue weighted by Gasteiger charge is 2.35. The zero-order valence-electron chi connectivity index (χ0n) is 26.8. The summed E-state index contributed by atoms with van der Waals surface area (Å²) in [6.45, 7) is 12.6. The highest BCUT2D eigenvalue weighted by atomic mass is 19.4. The van der Waals surface area contributed by atoms with Crippen LogP contribution in [0.5, 0.6) is 5.88 Å². The summed E-state index contributed by atoms with van der Waals surface area (Å²) in [6, 6.07) is 10.4. The van der Waals surface area contributed by atoms with Gasteiger partial charge in [0.25, 0.3) is 6.47 Å². The summed E-state index contributed by atoms with van der Waals surface area (Å²) in [4.78, 5) is 35.6. The standard InChI is InChI=1S/C23H27F3N8O.C5H10O2.C3H4O/c1-27-15-5-4-6-16(13-15)29-20-17(23(24,25)26)14-28-22(32-20)30-18-7-8-19(31-21(18)35-3)34-11-9-33(2)10-12-34;1-5(2,3)7-4-6;1-2-3-4/h4-8,13-14,27H,9-12H2,1-3H3,(H2,28,29,30,32);4H,1-3H3;2-3H,1H2. The molecule has 0 aliphatic carbocycles. The first kappa shape index (κ1) is 37.3. The van der Waals surface area contributed by atoms with Gasteiger partial charge in [0, 0.05) is 50.8 Å². The summed E-state index contributed by atoms with van der Waals surface area (Å²) in [6.07, 6.45) is -2.05. The maximum atomic E-state index is 13.6. The highest BCUT2D eigenvalue weighted by molar-refractivity contribution is 5.68. The van der Waals surface area contributed by atoms with Crippen LogP contribution in [0.1, 0.15) is 26.3 Å². The first-order valence-electron chi connectivity index (χ1n) is 14.2. The summed E-state index contributed by atoms with van der Waals surface area (Å²) < 4.78 is 50.9. The van der Waals surface area contributed by atoms with Crippen molar-refractivity contribution in [3.8, 4) is 5.88 Å². The molecule has 0 amide bonds. The van der Waals surface area contributed by atoms with Gasteiger partial charge in [-0.05, 0) is 64.2 Å². The Kier molecular flexibility index (Phi) is 14.2. The van der Waals surface area contributed by atoms with Gasteiger partial charge in [0.05, 0.1) is 7.11 Å². The van der Waals surface area contributed by atoms with E-state index >= 15 is 0 Å². The summed E-state index contributed by atoms with van der Waals surface area (Å²) in [5.74, 6) is 0.656. The number of nitrogens with one attached hydrogen (secondary N) is 3. The lowest BCUT2D eigenvalue weighted by Crippen LogP contribution is -2.44. The Bertz CT molecular complexity index is 1420. The van der Waals surface area contributed by atoms with Gasteiger partial charge in [-0.25, -0.2) is 4.98 Å². The fourth-order valence-electron chi connectivity index (χ4n) is 3.79. The number of hydrogen-bond donors (Lipinski definition) is 3. The molecule has 46 heavy (non-hydrogen) atoms. The van der Waals surface area contributed by atoms with Gasteiger partial charge in [-0.3, -0.25) is 9.59 Å². The molecule has 0 radical (unpaired) electrons. The van der Waals surface area contributed by atoms with Crippen LogP contribution in [0.2, 0.25) is 0 Å². The number of rotatable bonds is 9. The number of halogens is 3. The minimum Gasteiger partial charge on any atom is -0.479 e. The third kappa shape index (κ3) is 12.2. The van der Waals surface area contributed by atoms with Crippen molar-refractivity contribution in [3.05, 3.63) is 60.8 Å². The molecule has 0 unspecified atom stereocenters. The molecule has 3 heterocycles. The molecule has 0 atom stereocenters. The van der Waals surface area contributed by atoms with Gasteiger partial charge in [0.2, 0.25) is 11.8 Å². The summed E-state index contributed by atoms with van der Waals surface area (Å²) >= 11 is 0. The Morgan fingerprint density at radius 1 is 0.978 bits per heavy atom. The van der Waals surface area contributed by atoms with Gasteiger partial charge in [-0.1, -0.05) is 12.6 Å². The Morgan fingerprint density at radius 3 is 2.15 bits per heavy atom. The highest BCUT2D eigenvalue weighted by Crippen LogP contribution is 2.36. The van der Waals surface area contributed by atoms with Gasteiger partial charge in [-0.15, -0.1) is 0 Å². The number of ether oxygens (including phenoxy) is 2. The molecule has 1 aromatic carbocycles. The SMILES string of the molecule is C=CC=O.CC(C)(C)OC=O.CNc1cccc(Nc2nc(Nc3ccc(N4CCN(C)CC4)nc3OC)ncc2C(F)(F)F)c1. The van der Waals surface area contributed by atoms with E-state index in [2.05, 4.69) is 59.1 Å². The van der Waals surface area contributed by atoms with E-state index in [1.54, 1.807) is 37.4 Å². The molecule has 250 valence electrons. The predicted octanol–water partition coefficient (Wildman–Crippen LogP) is 5.51. The maximum absolute atomic E-state index is 13.6. The van der Waals surface area contributed by atoms with Crippen molar-refractivity contribution in [1.29, 1.82) is 0 Å². The number of anilines is 6. The molecule has 15 heteroatoms. The second kappa shape index (κ2) is 17.5. The molecule has 0 spiro atoms. The molecule has 1 saturated heterocycles. The van der Waals surface area contributed by atoms with E-state index in [0.717, 1.165) is 43.9 Å². The molecule has 3 N–H and O–H groups in total. The molecule has 12 nitrogen and oxygen atoms in total. The Morgan fingerprint density at radius 2 is 1.63 bits per heavy atom. The number of piperazine rings is 1. The molecule has 2 aromatic heterocycles. The van der Waals surface area contributed by atoms with E-state index in [1.807, 2.05) is 26.8 Å². The number of aromatic nitrogens is 3. The fraction of sp³-hybridized carbons (Fsp3) is 0.387. The van der Waals surface area contributed by atoms with E-state index in [-0.39, 0.29) is 17.4 Å². The third-order valence-corrected chi connectivity index (χ3v) is 6.12. The number of benzene rings is 1. The zero-order chi connectivity index (χ0) is 34.3. The van der Waals surface area contributed by atoms with Crippen LogP contribution in [0, 0.1) is 0 Å². The molecule has 0 saturated carbocycles. The average Bonchev–Trinajstić information content (AvgIpc) is 3.01. The third-order valence-electron chi connectivity index (χ3n) is 6.12.